The Morgan fingerprint density at radius 2 is 1.93 bits per heavy atom. The fraction of sp³-hybridized carbons (Fsp3) is 0.909. The van der Waals surface area contributed by atoms with E-state index in [0.29, 0.717) is 17.9 Å². The van der Waals surface area contributed by atoms with Gasteiger partial charge in [-0.3, -0.25) is 4.79 Å². The summed E-state index contributed by atoms with van der Waals surface area (Å²) in [5.41, 5.74) is 0. The molecule has 3 nitrogen and oxygen atoms in total. The van der Waals surface area contributed by atoms with Crippen LogP contribution in [0.3, 0.4) is 0 Å². The third-order valence-electron chi connectivity index (χ3n) is 3.63. The van der Waals surface area contributed by atoms with Crippen molar-refractivity contribution in [1.29, 1.82) is 0 Å². The number of rotatable bonds is 2. The van der Waals surface area contributed by atoms with E-state index in [1.54, 1.807) is 0 Å². The SMILES string of the molecule is CN(C(=O)C1CCCC1)[C@H]1CCNC1.Cl. The highest BCUT2D eigenvalue weighted by molar-refractivity contribution is 5.85. The van der Waals surface area contributed by atoms with E-state index >= 15 is 0 Å². The summed E-state index contributed by atoms with van der Waals surface area (Å²) in [5, 5.41) is 3.30. The van der Waals surface area contributed by atoms with E-state index in [1.165, 1.54) is 12.8 Å². The molecule has 0 aromatic carbocycles. The van der Waals surface area contributed by atoms with Crippen molar-refractivity contribution in [3.63, 3.8) is 0 Å². The van der Waals surface area contributed by atoms with E-state index in [4.69, 9.17) is 0 Å². The molecular formula is C11H21ClN2O. The molecule has 15 heavy (non-hydrogen) atoms. The quantitative estimate of drug-likeness (QED) is 0.781. The second-order valence-electron chi connectivity index (χ2n) is 4.58. The van der Waals surface area contributed by atoms with Gasteiger partial charge in [0.15, 0.2) is 0 Å². The number of hydrogen-bond donors (Lipinski definition) is 1. The van der Waals surface area contributed by atoms with Gasteiger partial charge in [-0.05, 0) is 25.8 Å². The summed E-state index contributed by atoms with van der Waals surface area (Å²) < 4.78 is 0. The molecular weight excluding hydrogens is 212 g/mol. The molecule has 0 bridgehead atoms. The van der Waals surface area contributed by atoms with Crippen molar-refractivity contribution in [3.8, 4) is 0 Å². The number of hydrogen-bond acceptors (Lipinski definition) is 2. The molecule has 1 atom stereocenters. The molecule has 4 heteroatoms. The van der Waals surface area contributed by atoms with Gasteiger partial charge in [-0.25, -0.2) is 0 Å². The lowest BCUT2D eigenvalue weighted by molar-refractivity contribution is -0.135. The number of carbonyl (C=O) groups is 1. The fourth-order valence-corrected chi connectivity index (χ4v) is 2.61. The third-order valence-corrected chi connectivity index (χ3v) is 3.63. The largest absolute Gasteiger partial charge is 0.341 e. The molecule has 0 spiro atoms. The van der Waals surface area contributed by atoms with Crippen molar-refractivity contribution in [2.45, 2.75) is 38.1 Å². The zero-order chi connectivity index (χ0) is 9.97. The van der Waals surface area contributed by atoms with Crippen molar-refractivity contribution < 1.29 is 4.79 Å². The van der Waals surface area contributed by atoms with Crippen molar-refractivity contribution >= 4 is 18.3 Å². The van der Waals surface area contributed by atoms with E-state index in [9.17, 15) is 4.79 Å². The van der Waals surface area contributed by atoms with Crippen LogP contribution in [0.25, 0.3) is 0 Å². The molecule has 0 aromatic heterocycles. The van der Waals surface area contributed by atoms with Gasteiger partial charge in [0.25, 0.3) is 0 Å². The molecule has 0 aromatic rings. The number of carbonyl (C=O) groups excluding carboxylic acids is 1. The summed E-state index contributed by atoms with van der Waals surface area (Å²) in [4.78, 5) is 14.0. The van der Waals surface area contributed by atoms with Crippen LogP contribution in [0.5, 0.6) is 0 Å². The van der Waals surface area contributed by atoms with Crippen molar-refractivity contribution in [1.82, 2.24) is 10.2 Å². The molecule has 0 radical (unpaired) electrons. The van der Waals surface area contributed by atoms with Crippen LogP contribution in [-0.4, -0.2) is 37.0 Å². The minimum absolute atomic E-state index is 0. The Morgan fingerprint density at radius 1 is 1.27 bits per heavy atom. The highest BCUT2D eigenvalue weighted by Gasteiger charge is 2.30. The average Bonchev–Trinajstić information content (AvgIpc) is 2.87. The normalized spacial score (nSPS) is 26.3. The molecule has 1 saturated heterocycles. The Labute approximate surface area is 98.0 Å². The van der Waals surface area contributed by atoms with E-state index in [-0.39, 0.29) is 12.4 Å². The molecule has 88 valence electrons. The predicted octanol–water partition coefficient (Wildman–Crippen LogP) is 1.42. The first-order valence-electron chi connectivity index (χ1n) is 5.76. The lowest BCUT2D eigenvalue weighted by Crippen LogP contribution is -2.41. The summed E-state index contributed by atoms with van der Waals surface area (Å²) in [6, 6.07) is 0.447. The summed E-state index contributed by atoms with van der Waals surface area (Å²) in [7, 11) is 1.97. The first-order chi connectivity index (χ1) is 6.79. The lowest BCUT2D eigenvalue weighted by atomic mass is 10.1. The summed E-state index contributed by atoms with van der Waals surface area (Å²) in [5.74, 6) is 0.719. The van der Waals surface area contributed by atoms with Gasteiger partial charge in [0.2, 0.25) is 5.91 Å². The Balaban J connectivity index is 0.00000112. The van der Waals surface area contributed by atoms with Crippen LogP contribution in [0.2, 0.25) is 0 Å². The number of nitrogens with zero attached hydrogens (tertiary/aromatic N) is 1. The van der Waals surface area contributed by atoms with E-state index in [1.807, 2.05) is 11.9 Å². The Hall–Kier alpha value is -0.280. The number of halogens is 1. The summed E-state index contributed by atoms with van der Waals surface area (Å²) in [6.07, 6.45) is 5.84. The maximum Gasteiger partial charge on any atom is 0.225 e. The van der Waals surface area contributed by atoms with Crippen LogP contribution in [0.4, 0.5) is 0 Å². The molecule has 1 heterocycles. The molecule has 2 rings (SSSR count). The fourth-order valence-electron chi connectivity index (χ4n) is 2.61. The number of likely N-dealkylation sites (N-methyl/N-ethyl adjacent to an activating group) is 1. The van der Waals surface area contributed by atoms with E-state index in [2.05, 4.69) is 5.32 Å². The van der Waals surface area contributed by atoms with Gasteiger partial charge in [0.05, 0.1) is 0 Å². The minimum Gasteiger partial charge on any atom is -0.341 e. The van der Waals surface area contributed by atoms with Crippen molar-refractivity contribution in [2.24, 2.45) is 5.92 Å². The molecule has 2 aliphatic rings. The van der Waals surface area contributed by atoms with Gasteiger partial charge in [-0.2, -0.15) is 0 Å². The van der Waals surface area contributed by atoms with E-state index in [0.717, 1.165) is 32.4 Å². The molecule has 1 saturated carbocycles. The van der Waals surface area contributed by atoms with Gasteiger partial charge < -0.3 is 10.2 Å². The molecule has 1 aliphatic heterocycles. The van der Waals surface area contributed by atoms with Gasteiger partial charge in [-0.15, -0.1) is 12.4 Å². The molecule has 1 N–H and O–H groups in total. The Morgan fingerprint density at radius 3 is 2.47 bits per heavy atom. The van der Waals surface area contributed by atoms with Crippen LogP contribution in [0.1, 0.15) is 32.1 Å². The maximum absolute atomic E-state index is 12.0. The number of amides is 1. The van der Waals surface area contributed by atoms with E-state index < -0.39 is 0 Å². The second-order valence-corrected chi connectivity index (χ2v) is 4.58. The first-order valence-corrected chi connectivity index (χ1v) is 5.76. The van der Waals surface area contributed by atoms with Crippen molar-refractivity contribution in [2.75, 3.05) is 20.1 Å². The van der Waals surface area contributed by atoms with Crippen molar-refractivity contribution in [3.05, 3.63) is 0 Å². The van der Waals surface area contributed by atoms with Gasteiger partial charge in [-0.1, -0.05) is 12.8 Å². The van der Waals surface area contributed by atoms with Gasteiger partial charge in [0.1, 0.15) is 0 Å². The molecule has 0 unspecified atom stereocenters. The minimum atomic E-state index is 0. The first kappa shape index (κ1) is 12.8. The highest BCUT2D eigenvalue weighted by Crippen LogP contribution is 2.27. The maximum atomic E-state index is 12.0. The van der Waals surface area contributed by atoms with Gasteiger partial charge in [0, 0.05) is 25.6 Å². The van der Waals surface area contributed by atoms with Crippen LogP contribution < -0.4 is 5.32 Å². The monoisotopic (exact) mass is 232 g/mol. The third kappa shape index (κ3) is 2.85. The van der Waals surface area contributed by atoms with Crippen LogP contribution in [0.15, 0.2) is 0 Å². The highest BCUT2D eigenvalue weighted by atomic mass is 35.5. The average molecular weight is 233 g/mol. The Bertz CT molecular complexity index is 211. The smallest absolute Gasteiger partial charge is 0.225 e. The molecule has 1 amide bonds. The van der Waals surface area contributed by atoms with Gasteiger partial charge >= 0.3 is 0 Å². The lowest BCUT2D eigenvalue weighted by Gasteiger charge is -2.26. The predicted molar refractivity (Wildman–Crippen MR) is 63.3 cm³/mol. The summed E-state index contributed by atoms with van der Waals surface area (Å²) >= 11 is 0. The molecule has 1 aliphatic carbocycles. The Kier molecular flexibility index (Phi) is 4.87. The zero-order valence-electron chi connectivity index (χ0n) is 9.37. The standard InChI is InChI=1S/C11H20N2O.ClH/c1-13(10-6-7-12-8-10)11(14)9-4-2-3-5-9;/h9-10,12H,2-8H2,1H3;1H/t10-;/m0./s1. The van der Waals surface area contributed by atoms with Crippen LogP contribution in [0, 0.1) is 5.92 Å². The van der Waals surface area contributed by atoms with Crippen LogP contribution in [-0.2, 0) is 4.79 Å². The number of nitrogens with one attached hydrogen (secondary N) is 1. The topological polar surface area (TPSA) is 32.3 Å². The molecule has 2 fully saturated rings. The zero-order valence-corrected chi connectivity index (χ0v) is 10.2. The van der Waals surface area contributed by atoms with Crippen LogP contribution >= 0.6 is 12.4 Å². The summed E-state index contributed by atoms with van der Waals surface area (Å²) in [6.45, 7) is 2.04. The second kappa shape index (κ2) is 5.71.